The summed E-state index contributed by atoms with van der Waals surface area (Å²) in [6, 6.07) is 6.00. The molecule has 0 heterocycles. The number of hydrogen-bond donors (Lipinski definition) is 2. The molecule has 1 aromatic carbocycles. The summed E-state index contributed by atoms with van der Waals surface area (Å²) in [5.74, 6) is -0.977. The highest BCUT2D eigenvalue weighted by Crippen LogP contribution is 2.15. The standard InChI is InChI=1S/C13H17NO5/c1-9(12(15)14-6-7-18-2)19-11-5-3-4-10(8-11)13(16)17/h3-5,8-9H,6-7H2,1-2H3,(H,14,15)(H,16,17)/t9-/m0/s1. The molecule has 0 aliphatic heterocycles. The van der Waals surface area contributed by atoms with Crippen molar-refractivity contribution in [1.82, 2.24) is 5.32 Å². The fourth-order valence-electron chi connectivity index (χ4n) is 1.38. The smallest absolute Gasteiger partial charge is 0.335 e. The molecule has 0 aromatic heterocycles. The predicted molar refractivity (Wildman–Crippen MR) is 68.4 cm³/mol. The Morgan fingerprint density at radius 3 is 2.79 bits per heavy atom. The molecule has 1 rings (SSSR count). The van der Waals surface area contributed by atoms with Gasteiger partial charge in [-0.3, -0.25) is 4.79 Å². The molecule has 1 amide bonds. The van der Waals surface area contributed by atoms with E-state index in [0.29, 0.717) is 18.9 Å². The Hall–Kier alpha value is -2.08. The zero-order valence-electron chi connectivity index (χ0n) is 10.9. The molecule has 0 saturated carbocycles. The Morgan fingerprint density at radius 2 is 2.16 bits per heavy atom. The third-order valence-corrected chi connectivity index (χ3v) is 2.37. The molecule has 6 heteroatoms. The minimum atomic E-state index is -1.04. The van der Waals surface area contributed by atoms with Gasteiger partial charge in [0.05, 0.1) is 12.2 Å². The molecule has 2 N–H and O–H groups in total. The zero-order valence-corrected chi connectivity index (χ0v) is 10.9. The molecular weight excluding hydrogens is 250 g/mol. The molecule has 1 atom stereocenters. The van der Waals surface area contributed by atoms with Gasteiger partial charge in [0.25, 0.3) is 5.91 Å². The molecule has 0 spiro atoms. The fourth-order valence-corrected chi connectivity index (χ4v) is 1.38. The molecule has 0 unspecified atom stereocenters. The summed E-state index contributed by atoms with van der Waals surface area (Å²) < 4.78 is 10.2. The van der Waals surface area contributed by atoms with Crippen molar-refractivity contribution < 1.29 is 24.2 Å². The quantitative estimate of drug-likeness (QED) is 0.717. The van der Waals surface area contributed by atoms with E-state index in [0.717, 1.165) is 0 Å². The van der Waals surface area contributed by atoms with Crippen LogP contribution in [0.5, 0.6) is 5.75 Å². The maximum atomic E-state index is 11.6. The van der Waals surface area contributed by atoms with Crippen molar-refractivity contribution in [3.8, 4) is 5.75 Å². The van der Waals surface area contributed by atoms with Gasteiger partial charge >= 0.3 is 5.97 Å². The van der Waals surface area contributed by atoms with Crippen molar-refractivity contribution in [2.45, 2.75) is 13.0 Å². The summed E-state index contributed by atoms with van der Waals surface area (Å²) in [6.45, 7) is 2.42. The minimum absolute atomic E-state index is 0.115. The predicted octanol–water partition coefficient (Wildman–Crippen LogP) is 0.915. The van der Waals surface area contributed by atoms with Gasteiger partial charge in [0.15, 0.2) is 6.10 Å². The first-order valence-corrected chi connectivity index (χ1v) is 5.81. The van der Waals surface area contributed by atoms with E-state index in [2.05, 4.69) is 5.32 Å². The van der Waals surface area contributed by atoms with Gasteiger partial charge in [-0.1, -0.05) is 6.07 Å². The van der Waals surface area contributed by atoms with Crippen LogP contribution >= 0.6 is 0 Å². The van der Waals surface area contributed by atoms with Crippen molar-refractivity contribution >= 4 is 11.9 Å². The summed E-state index contributed by atoms with van der Waals surface area (Å²) in [5.41, 5.74) is 0.115. The average Bonchev–Trinajstić information content (AvgIpc) is 2.39. The number of hydrogen-bond acceptors (Lipinski definition) is 4. The Labute approximate surface area is 111 Å². The van der Waals surface area contributed by atoms with Crippen LogP contribution in [0.15, 0.2) is 24.3 Å². The van der Waals surface area contributed by atoms with Crippen LogP contribution in [0.4, 0.5) is 0 Å². The van der Waals surface area contributed by atoms with Gasteiger partial charge < -0.3 is 19.9 Å². The molecule has 0 aliphatic carbocycles. The van der Waals surface area contributed by atoms with Crippen molar-refractivity contribution in [2.24, 2.45) is 0 Å². The van der Waals surface area contributed by atoms with E-state index in [1.165, 1.54) is 12.1 Å². The topological polar surface area (TPSA) is 84.9 Å². The zero-order chi connectivity index (χ0) is 14.3. The number of carboxylic acid groups (broad SMARTS) is 1. The van der Waals surface area contributed by atoms with E-state index in [-0.39, 0.29) is 11.5 Å². The lowest BCUT2D eigenvalue weighted by Crippen LogP contribution is -2.37. The van der Waals surface area contributed by atoms with E-state index in [9.17, 15) is 9.59 Å². The van der Waals surface area contributed by atoms with Gasteiger partial charge in [0.2, 0.25) is 0 Å². The lowest BCUT2D eigenvalue weighted by atomic mass is 10.2. The number of carboxylic acids is 1. The summed E-state index contributed by atoms with van der Waals surface area (Å²) in [7, 11) is 1.55. The first-order valence-electron chi connectivity index (χ1n) is 5.81. The van der Waals surface area contributed by atoms with Crippen molar-refractivity contribution in [2.75, 3.05) is 20.3 Å². The molecule has 6 nitrogen and oxygen atoms in total. The highest BCUT2D eigenvalue weighted by Gasteiger charge is 2.14. The first kappa shape index (κ1) is 15.0. The lowest BCUT2D eigenvalue weighted by molar-refractivity contribution is -0.127. The fraction of sp³-hybridized carbons (Fsp3) is 0.385. The van der Waals surface area contributed by atoms with Crippen LogP contribution < -0.4 is 10.1 Å². The van der Waals surface area contributed by atoms with E-state index in [1.807, 2.05) is 0 Å². The molecule has 0 aliphatic rings. The van der Waals surface area contributed by atoms with Gasteiger partial charge in [-0.2, -0.15) is 0 Å². The van der Waals surface area contributed by atoms with E-state index < -0.39 is 12.1 Å². The number of aromatic carboxylic acids is 1. The molecule has 0 saturated heterocycles. The Morgan fingerprint density at radius 1 is 1.42 bits per heavy atom. The molecule has 0 radical (unpaired) electrons. The van der Waals surface area contributed by atoms with Crippen LogP contribution in [0.2, 0.25) is 0 Å². The average molecular weight is 267 g/mol. The summed E-state index contributed by atoms with van der Waals surface area (Å²) in [6.07, 6.45) is -0.707. The lowest BCUT2D eigenvalue weighted by Gasteiger charge is -2.14. The summed E-state index contributed by atoms with van der Waals surface area (Å²) in [5, 5.41) is 11.5. The van der Waals surface area contributed by atoms with Gasteiger partial charge in [0.1, 0.15) is 5.75 Å². The Kier molecular flexibility index (Phi) is 5.81. The number of methoxy groups -OCH3 is 1. The molecule has 19 heavy (non-hydrogen) atoms. The van der Waals surface area contributed by atoms with E-state index in [4.69, 9.17) is 14.6 Å². The molecule has 0 fully saturated rings. The van der Waals surface area contributed by atoms with Crippen molar-refractivity contribution in [3.63, 3.8) is 0 Å². The monoisotopic (exact) mass is 267 g/mol. The third kappa shape index (κ3) is 4.97. The number of amides is 1. The molecule has 0 bridgehead atoms. The minimum Gasteiger partial charge on any atom is -0.481 e. The van der Waals surface area contributed by atoms with Crippen molar-refractivity contribution in [3.05, 3.63) is 29.8 Å². The van der Waals surface area contributed by atoms with Crippen molar-refractivity contribution in [1.29, 1.82) is 0 Å². The number of carbonyl (C=O) groups is 2. The Balaban J connectivity index is 2.56. The number of rotatable bonds is 7. The maximum Gasteiger partial charge on any atom is 0.335 e. The van der Waals surface area contributed by atoms with Crippen LogP contribution in [-0.2, 0) is 9.53 Å². The van der Waals surface area contributed by atoms with Crippen LogP contribution in [0.1, 0.15) is 17.3 Å². The second-order valence-electron chi connectivity index (χ2n) is 3.88. The normalized spacial score (nSPS) is 11.7. The van der Waals surface area contributed by atoms with Gasteiger partial charge in [0, 0.05) is 13.7 Å². The maximum absolute atomic E-state index is 11.6. The molecular formula is C13H17NO5. The summed E-state index contributed by atoms with van der Waals surface area (Å²) in [4.78, 5) is 22.4. The second kappa shape index (κ2) is 7.38. The molecule has 104 valence electrons. The van der Waals surface area contributed by atoms with Crippen LogP contribution in [0.25, 0.3) is 0 Å². The summed E-state index contributed by atoms with van der Waals surface area (Å²) >= 11 is 0. The highest BCUT2D eigenvalue weighted by molar-refractivity contribution is 5.88. The van der Waals surface area contributed by atoms with Crippen LogP contribution in [-0.4, -0.2) is 43.3 Å². The van der Waals surface area contributed by atoms with Gasteiger partial charge in [-0.15, -0.1) is 0 Å². The largest absolute Gasteiger partial charge is 0.481 e. The third-order valence-electron chi connectivity index (χ3n) is 2.37. The number of benzene rings is 1. The molecule has 1 aromatic rings. The van der Waals surface area contributed by atoms with E-state index >= 15 is 0 Å². The van der Waals surface area contributed by atoms with Gasteiger partial charge in [-0.05, 0) is 25.1 Å². The number of nitrogens with one attached hydrogen (secondary N) is 1. The SMILES string of the molecule is COCCNC(=O)[C@H](C)Oc1cccc(C(=O)O)c1. The number of ether oxygens (including phenoxy) is 2. The highest BCUT2D eigenvalue weighted by atomic mass is 16.5. The Bertz CT molecular complexity index is 446. The second-order valence-corrected chi connectivity index (χ2v) is 3.88. The first-order chi connectivity index (χ1) is 9.04. The number of carbonyl (C=O) groups excluding carboxylic acids is 1. The van der Waals surface area contributed by atoms with E-state index in [1.54, 1.807) is 26.2 Å². The van der Waals surface area contributed by atoms with Crippen LogP contribution in [0.3, 0.4) is 0 Å². The van der Waals surface area contributed by atoms with Gasteiger partial charge in [-0.25, -0.2) is 4.79 Å². The van der Waals surface area contributed by atoms with Crippen LogP contribution in [0, 0.1) is 0 Å².